The van der Waals surface area contributed by atoms with Crippen molar-refractivity contribution in [2.24, 2.45) is 0 Å². The molecule has 0 unspecified atom stereocenters. The van der Waals surface area contributed by atoms with Crippen LogP contribution in [0.2, 0.25) is 5.02 Å². The third-order valence-electron chi connectivity index (χ3n) is 3.19. The van der Waals surface area contributed by atoms with Crippen molar-refractivity contribution < 1.29 is 4.79 Å². The lowest BCUT2D eigenvalue weighted by Crippen LogP contribution is -2.27. The van der Waals surface area contributed by atoms with Gasteiger partial charge in [-0.15, -0.1) is 0 Å². The third-order valence-corrected chi connectivity index (χ3v) is 3.41. The van der Waals surface area contributed by atoms with Gasteiger partial charge in [-0.3, -0.25) is 9.78 Å². The summed E-state index contributed by atoms with van der Waals surface area (Å²) in [7, 11) is 0. The minimum Gasteiger partial charge on any atom is -0.344 e. The summed E-state index contributed by atoms with van der Waals surface area (Å²) < 4.78 is 1.59. The largest absolute Gasteiger partial charge is 0.344 e. The lowest BCUT2D eigenvalue weighted by atomic mass is 10.1. The van der Waals surface area contributed by atoms with Gasteiger partial charge in [-0.1, -0.05) is 17.7 Å². The van der Waals surface area contributed by atoms with Crippen LogP contribution in [-0.4, -0.2) is 20.5 Å². The second-order valence-electron chi connectivity index (χ2n) is 4.73. The predicted octanol–water partition coefficient (Wildman–Crippen LogP) is 2.87. The number of nitrogens with zero attached hydrogens (tertiary/aromatic N) is 3. The zero-order chi connectivity index (χ0) is 14.8. The van der Waals surface area contributed by atoms with Gasteiger partial charge in [-0.05, 0) is 36.8 Å². The molecule has 5 nitrogen and oxygen atoms in total. The maximum atomic E-state index is 12.2. The molecule has 6 heteroatoms. The van der Waals surface area contributed by atoms with Crippen LogP contribution in [0.5, 0.6) is 0 Å². The summed E-state index contributed by atoms with van der Waals surface area (Å²) in [5.41, 5.74) is 2.12. The normalized spacial score (nSPS) is 12.3. The summed E-state index contributed by atoms with van der Waals surface area (Å²) in [6.07, 6.45) is 5.09. The molecule has 0 radical (unpaired) electrons. The second-order valence-corrected chi connectivity index (χ2v) is 5.16. The maximum Gasteiger partial charge on any atom is 0.272 e. The quantitative estimate of drug-likeness (QED) is 0.809. The van der Waals surface area contributed by atoms with Gasteiger partial charge in [0.1, 0.15) is 0 Å². The standard InChI is InChI=1S/C15H13ClN4O/c1-10(11-3-2-6-17-8-11)18-15(21)14-7-13-5-4-12(16)9-20(13)19-14/h2-10H,1H3,(H,18,21)/t10-/m1/s1. The van der Waals surface area contributed by atoms with Gasteiger partial charge in [0.25, 0.3) is 5.91 Å². The molecule has 1 N–H and O–H groups in total. The molecular formula is C15H13ClN4O. The molecule has 1 amide bonds. The van der Waals surface area contributed by atoms with Crippen LogP contribution in [0.4, 0.5) is 0 Å². The van der Waals surface area contributed by atoms with E-state index >= 15 is 0 Å². The van der Waals surface area contributed by atoms with E-state index in [4.69, 9.17) is 11.6 Å². The number of carbonyl (C=O) groups is 1. The Morgan fingerprint density at radius 2 is 2.24 bits per heavy atom. The molecule has 3 rings (SSSR count). The highest BCUT2D eigenvalue weighted by molar-refractivity contribution is 6.30. The highest BCUT2D eigenvalue weighted by Gasteiger charge is 2.14. The molecule has 3 heterocycles. The number of fused-ring (bicyclic) bond motifs is 1. The molecule has 0 saturated heterocycles. The molecule has 0 spiro atoms. The Hall–Kier alpha value is -2.40. The zero-order valence-corrected chi connectivity index (χ0v) is 12.1. The van der Waals surface area contributed by atoms with Gasteiger partial charge in [-0.25, -0.2) is 4.52 Å². The van der Waals surface area contributed by atoms with Crippen molar-refractivity contribution in [3.8, 4) is 0 Å². The molecule has 21 heavy (non-hydrogen) atoms. The monoisotopic (exact) mass is 300 g/mol. The van der Waals surface area contributed by atoms with Gasteiger partial charge >= 0.3 is 0 Å². The molecule has 0 aliphatic carbocycles. The average Bonchev–Trinajstić information content (AvgIpc) is 2.91. The van der Waals surface area contributed by atoms with E-state index in [0.717, 1.165) is 11.1 Å². The first kappa shape index (κ1) is 13.6. The summed E-state index contributed by atoms with van der Waals surface area (Å²) in [5, 5.41) is 7.70. The van der Waals surface area contributed by atoms with Crippen LogP contribution >= 0.6 is 11.6 Å². The van der Waals surface area contributed by atoms with Crippen LogP contribution in [0, 0.1) is 0 Å². The topological polar surface area (TPSA) is 59.3 Å². The maximum absolute atomic E-state index is 12.2. The van der Waals surface area contributed by atoms with E-state index in [1.54, 1.807) is 35.2 Å². The van der Waals surface area contributed by atoms with Gasteiger partial charge < -0.3 is 5.32 Å². The second kappa shape index (κ2) is 5.54. The van der Waals surface area contributed by atoms with Crippen molar-refractivity contribution in [2.45, 2.75) is 13.0 Å². The molecule has 0 fully saturated rings. The molecule has 0 saturated carbocycles. The molecule has 0 aliphatic rings. The lowest BCUT2D eigenvalue weighted by molar-refractivity contribution is 0.0934. The number of pyridine rings is 2. The van der Waals surface area contributed by atoms with Gasteiger partial charge in [0, 0.05) is 18.6 Å². The summed E-state index contributed by atoms with van der Waals surface area (Å²) in [5.74, 6) is -0.230. The fraction of sp³-hybridized carbons (Fsp3) is 0.133. The number of carbonyl (C=O) groups excluding carboxylic acids is 1. The van der Waals surface area contributed by atoms with E-state index in [0.29, 0.717) is 10.7 Å². The van der Waals surface area contributed by atoms with Crippen molar-refractivity contribution in [2.75, 3.05) is 0 Å². The first-order chi connectivity index (χ1) is 10.1. The number of nitrogens with one attached hydrogen (secondary N) is 1. The van der Waals surface area contributed by atoms with E-state index in [-0.39, 0.29) is 11.9 Å². The van der Waals surface area contributed by atoms with Crippen molar-refractivity contribution in [3.05, 3.63) is 65.2 Å². The molecule has 0 aromatic carbocycles. The molecule has 3 aromatic rings. The predicted molar refractivity (Wildman–Crippen MR) is 80.3 cm³/mol. The summed E-state index contributed by atoms with van der Waals surface area (Å²) in [4.78, 5) is 16.3. The van der Waals surface area contributed by atoms with Crippen molar-refractivity contribution in [3.63, 3.8) is 0 Å². The highest BCUT2D eigenvalue weighted by Crippen LogP contribution is 2.14. The molecule has 0 aliphatic heterocycles. The van der Waals surface area contributed by atoms with Crippen molar-refractivity contribution >= 4 is 23.0 Å². The fourth-order valence-electron chi connectivity index (χ4n) is 2.06. The fourth-order valence-corrected chi connectivity index (χ4v) is 2.21. The van der Waals surface area contributed by atoms with Gasteiger partial charge in [0.05, 0.1) is 16.6 Å². The number of halogens is 1. The van der Waals surface area contributed by atoms with Crippen LogP contribution < -0.4 is 5.32 Å². The van der Waals surface area contributed by atoms with E-state index in [9.17, 15) is 4.79 Å². The SMILES string of the molecule is C[C@@H](NC(=O)c1cc2ccc(Cl)cn2n1)c1cccnc1. The Morgan fingerprint density at radius 3 is 3.00 bits per heavy atom. The molecule has 1 atom stereocenters. The van der Waals surface area contributed by atoms with E-state index in [1.165, 1.54) is 0 Å². The molecule has 0 bridgehead atoms. The minimum atomic E-state index is -0.230. The van der Waals surface area contributed by atoms with Gasteiger partial charge in [0.15, 0.2) is 5.69 Å². The first-order valence-corrected chi connectivity index (χ1v) is 6.87. The van der Waals surface area contributed by atoms with Gasteiger partial charge in [0.2, 0.25) is 0 Å². The number of aromatic nitrogens is 3. The van der Waals surface area contributed by atoms with Crippen LogP contribution in [0.3, 0.4) is 0 Å². The summed E-state index contributed by atoms with van der Waals surface area (Å²) >= 11 is 5.90. The van der Waals surface area contributed by atoms with Crippen LogP contribution in [0.15, 0.2) is 48.9 Å². The van der Waals surface area contributed by atoms with E-state index < -0.39 is 0 Å². The van der Waals surface area contributed by atoms with Gasteiger partial charge in [-0.2, -0.15) is 5.10 Å². The summed E-state index contributed by atoms with van der Waals surface area (Å²) in [6, 6.07) is 8.92. The molecule has 3 aromatic heterocycles. The third kappa shape index (κ3) is 2.87. The first-order valence-electron chi connectivity index (χ1n) is 6.49. The van der Waals surface area contributed by atoms with Crippen LogP contribution in [0.1, 0.15) is 29.0 Å². The zero-order valence-electron chi connectivity index (χ0n) is 11.3. The smallest absolute Gasteiger partial charge is 0.272 e. The van der Waals surface area contributed by atoms with Crippen molar-refractivity contribution in [1.29, 1.82) is 0 Å². The lowest BCUT2D eigenvalue weighted by Gasteiger charge is -2.12. The number of rotatable bonds is 3. The Bertz CT molecular complexity index is 785. The van der Waals surface area contributed by atoms with E-state index in [2.05, 4.69) is 15.4 Å². The highest BCUT2D eigenvalue weighted by atomic mass is 35.5. The number of hydrogen-bond donors (Lipinski definition) is 1. The summed E-state index contributed by atoms with van der Waals surface area (Å²) in [6.45, 7) is 1.90. The number of hydrogen-bond acceptors (Lipinski definition) is 3. The average molecular weight is 301 g/mol. The Kier molecular flexibility index (Phi) is 3.58. The van der Waals surface area contributed by atoms with Crippen molar-refractivity contribution in [1.82, 2.24) is 19.9 Å². The molecule has 106 valence electrons. The Morgan fingerprint density at radius 1 is 1.38 bits per heavy atom. The molecular weight excluding hydrogens is 288 g/mol. The minimum absolute atomic E-state index is 0.139. The Labute approximate surface area is 126 Å². The van der Waals surface area contributed by atoms with E-state index in [1.807, 2.05) is 25.1 Å². The van der Waals surface area contributed by atoms with Crippen LogP contribution in [0.25, 0.3) is 5.52 Å². The Balaban J connectivity index is 1.80. The van der Waals surface area contributed by atoms with Crippen LogP contribution in [-0.2, 0) is 0 Å². The number of amides is 1.